The van der Waals surface area contributed by atoms with Crippen LogP contribution in [0, 0.1) is 11.3 Å². The lowest BCUT2D eigenvalue weighted by Gasteiger charge is -2.05. The largest absolute Gasteiger partial charge is 0.493 e. The summed E-state index contributed by atoms with van der Waals surface area (Å²) in [4.78, 5) is 12.4. The molecule has 1 aromatic heterocycles. The zero-order chi connectivity index (χ0) is 17.6. The van der Waals surface area contributed by atoms with Crippen LogP contribution in [0.25, 0.3) is 5.69 Å². The minimum atomic E-state index is -0.323. The van der Waals surface area contributed by atoms with Crippen LogP contribution in [0.5, 0.6) is 5.75 Å². The zero-order valence-corrected chi connectivity index (χ0v) is 13.6. The van der Waals surface area contributed by atoms with Gasteiger partial charge in [-0.15, -0.1) is 0 Å². The Kier molecular flexibility index (Phi) is 4.77. The molecule has 2 aromatic carbocycles. The number of benzene rings is 2. The van der Waals surface area contributed by atoms with Gasteiger partial charge in [-0.3, -0.25) is 4.79 Å². The molecule has 3 rings (SSSR count). The molecule has 25 heavy (non-hydrogen) atoms. The quantitative estimate of drug-likeness (QED) is 0.779. The molecule has 1 amide bonds. The smallest absolute Gasteiger partial charge is 0.275 e. The van der Waals surface area contributed by atoms with E-state index in [9.17, 15) is 4.79 Å². The summed E-state index contributed by atoms with van der Waals surface area (Å²) in [6.45, 7) is 0.339. The molecule has 0 aliphatic carbocycles. The zero-order valence-electron chi connectivity index (χ0n) is 13.6. The van der Waals surface area contributed by atoms with Crippen molar-refractivity contribution in [2.45, 2.75) is 6.54 Å². The molecular weight excluding hydrogens is 316 g/mol. The van der Waals surface area contributed by atoms with E-state index in [-0.39, 0.29) is 11.6 Å². The van der Waals surface area contributed by atoms with E-state index in [1.807, 2.05) is 30.3 Å². The van der Waals surface area contributed by atoms with Gasteiger partial charge in [0.1, 0.15) is 0 Å². The third-order valence-electron chi connectivity index (χ3n) is 3.67. The highest BCUT2D eigenvalue weighted by Gasteiger charge is 2.18. The second-order valence-electron chi connectivity index (χ2n) is 5.32. The lowest BCUT2D eigenvalue weighted by Crippen LogP contribution is -2.24. The highest BCUT2D eigenvalue weighted by molar-refractivity contribution is 5.94. The molecule has 0 radical (unpaired) electrons. The number of carbonyl (C=O) groups excluding carboxylic acids is 1. The third-order valence-corrected chi connectivity index (χ3v) is 3.67. The maximum atomic E-state index is 12.4. The predicted molar refractivity (Wildman–Crippen MR) is 92.4 cm³/mol. The van der Waals surface area contributed by atoms with Gasteiger partial charge in [0, 0.05) is 6.54 Å². The van der Waals surface area contributed by atoms with E-state index in [0.29, 0.717) is 17.9 Å². The molecule has 0 spiro atoms. The molecule has 0 aliphatic heterocycles. The first-order chi connectivity index (χ1) is 12.2. The fraction of sp³-hybridized carbons (Fsp3) is 0.105. The molecule has 0 aliphatic rings. The van der Waals surface area contributed by atoms with Crippen molar-refractivity contribution in [2.75, 3.05) is 7.11 Å². The maximum Gasteiger partial charge on any atom is 0.275 e. The molecule has 3 aromatic rings. The molecule has 0 bridgehead atoms. The molecule has 0 unspecified atom stereocenters. The van der Waals surface area contributed by atoms with E-state index in [2.05, 4.69) is 16.5 Å². The van der Waals surface area contributed by atoms with Crippen molar-refractivity contribution < 1.29 is 9.53 Å². The fourth-order valence-electron chi connectivity index (χ4n) is 2.34. The number of aromatic nitrogens is 2. The van der Waals surface area contributed by atoms with E-state index in [4.69, 9.17) is 10.00 Å². The SMILES string of the molecule is COc1cn(-c2ccccc2)nc1C(=O)NCc1ccc(C#N)cc1. The van der Waals surface area contributed by atoms with Crippen LogP contribution in [-0.2, 0) is 6.54 Å². The summed E-state index contributed by atoms with van der Waals surface area (Å²) in [5.74, 6) is 0.0806. The van der Waals surface area contributed by atoms with Gasteiger partial charge in [0.25, 0.3) is 5.91 Å². The summed E-state index contributed by atoms with van der Waals surface area (Å²) < 4.78 is 6.88. The van der Waals surface area contributed by atoms with E-state index >= 15 is 0 Å². The number of nitrogens with one attached hydrogen (secondary N) is 1. The normalized spacial score (nSPS) is 10.1. The van der Waals surface area contributed by atoms with Gasteiger partial charge in [-0.2, -0.15) is 10.4 Å². The van der Waals surface area contributed by atoms with Crippen LogP contribution < -0.4 is 10.1 Å². The summed E-state index contributed by atoms with van der Waals surface area (Å²) in [6, 6.07) is 18.6. The van der Waals surface area contributed by atoms with Crippen LogP contribution in [0.3, 0.4) is 0 Å². The molecular formula is C19H16N4O2. The van der Waals surface area contributed by atoms with E-state index in [1.165, 1.54) is 7.11 Å². The van der Waals surface area contributed by atoms with Crippen LogP contribution in [0.15, 0.2) is 60.8 Å². The molecule has 6 nitrogen and oxygen atoms in total. The molecule has 1 N–H and O–H groups in total. The topological polar surface area (TPSA) is 79.9 Å². The Morgan fingerprint density at radius 2 is 1.92 bits per heavy atom. The van der Waals surface area contributed by atoms with E-state index in [1.54, 1.807) is 35.1 Å². The monoisotopic (exact) mass is 332 g/mol. The Bertz CT molecular complexity index is 909. The first-order valence-electron chi connectivity index (χ1n) is 7.67. The molecule has 124 valence electrons. The number of carbonyl (C=O) groups is 1. The lowest BCUT2D eigenvalue weighted by atomic mass is 10.1. The van der Waals surface area contributed by atoms with Gasteiger partial charge >= 0.3 is 0 Å². The van der Waals surface area contributed by atoms with Gasteiger partial charge in [-0.25, -0.2) is 4.68 Å². The first-order valence-corrected chi connectivity index (χ1v) is 7.67. The number of nitriles is 1. The molecule has 1 heterocycles. The van der Waals surface area contributed by atoms with E-state index in [0.717, 1.165) is 11.3 Å². The Hall–Kier alpha value is -3.59. The maximum absolute atomic E-state index is 12.4. The van der Waals surface area contributed by atoms with Crippen molar-refractivity contribution in [3.05, 3.63) is 77.6 Å². The molecule has 6 heteroatoms. The predicted octanol–water partition coefficient (Wildman–Crippen LogP) is 2.68. The van der Waals surface area contributed by atoms with Crippen molar-refractivity contribution in [1.82, 2.24) is 15.1 Å². The summed E-state index contributed by atoms with van der Waals surface area (Å²) in [6.07, 6.45) is 1.67. The van der Waals surface area contributed by atoms with Gasteiger partial charge in [0.15, 0.2) is 11.4 Å². The number of hydrogen-bond acceptors (Lipinski definition) is 4. The standard InChI is InChI=1S/C19H16N4O2/c1-25-17-13-23(16-5-3-2-4-6-16)22-18(17)19(24)21-12-15-9-7-14(11-20)8-10-15/h2-10,13H,12H2,1H3,(H,21,24). The molecule has 0 saturated heterocycles. The van der Waals surface area contributed by atoms with Crippen LogP contribution in [0.4, 0.5) is 0 Å². The minimum Gasteiger partial charge on any atom is -0.493 e. The van der Waals surface area contributed by atoms with Gasteiger partial charge in [0.2, 0.25) is 0 Å². The highest BCUT2D eigenvalue weighted by Crippen LogP contribution is 2.19. The van der Waals surface area contributed by atoms with Crippen molar-refractivity contribution in [2.24, 2.45) is 0 Å². The Morgan fingerprint density at radius 1 is 1.20 bits per heavy atom. The number of rotatable bonds is 5. The first kappa shape index (κ1) is 16.3. The second kappa shape index (κ2) is 7.32. The fourth-order valence-corrected chi connectivity index (χ4v) is 2.34. The van der Waals surface area contributed by atoms with Crippen molar-refractivity contribution in [1.29, 1.82) is 5.26 Å². The van der Waals surface area contributed by atoms with Gasteiger partial charge in [0.05, 0.1) is 30.6 Å². The number of methoxy groups -OCH3 is 1. The number of hydrogen-bond donors (Lipinski definition) is 1. The Balaban J connectivity index is 1.75. The Labute approximate surface area is 145 Å². The number of amides is 1. The average molecular weight is 332 g/mol. The van der Waals surface area contributed by atoms with Crippen LogP contribution in [0.1, 0.15) is 21.6 Å². The highest BCUT2D eigenvalue weighted by atomic mass is 16.5. The number of ether oxygens (including phenoxy) is 1. The van der Waals surface area contributed by atoms with E-state index < -0.39 is 0 Å². The van der Waals surface area contributed by atoms with Crippen LogP contribution in [0.2, 0.25) is 0 Å². The van der Waals surface area contributed by atoms with Gasteiger partial charge in [-0.05, 0) is 29.8 Å². The molecule has 0 atom stereocenters. The number of nitrogens with zero attached hydrogens (tertiary/aromatic N) is 3. The summed E-state index contributed by atoms with van der Waals surface area (Å²) in [7, 11) is 1.50. The van der Waals surface area contributed by atoms with Crippen LogP contribution in [-0.4, -0.2) is 22.8 Å². The summed E-state index contributed by atoms with van der Waals surface area (Å²) >= 11 is 0. The second-order valence-corrected chi connectivity index (χ2v) is 5.32. The third kappa shape index (κ3) is 3.67. The van der Waals surface area contributed by atoms with Crippen molar-refractivity contribution >= 4 is 5.91 Å². The molecule has 0 fully saturated rings. The number of para-hydroxylation sites is 1. The summed E-state index contributed by atoms with van der Waals surface area (Å²) in [5, 5.41) is 15.9. The van der Waals surface area contributed by atoms with Gasteiger partial charge in [-0.1, -0.05) is 30.3 Å². The minimum absolute atomic E-state index is 0.222. The van der Waals surface area contributed by atoms with Crippen molar-refractivity contribution in [3.8, 4) is 17.5 Å². The average Bonchev–Trinajstić information content (AvgIpc) is 3.12. The molecule has 0 saturated carbocycles. The summed E-state index contributed by atoms with van der Waals surface area (Å²) in [5.41, 5.74) is 2.54. The van der Waals surface area contributed by atoms with Crippen molar-refractivity contribution in [3.63, 3.8) is 0 Å². The van der Waals surface area contributed by atoms with Crippen LogP contribution >= 0.6 is 0 Å². The lowest BCUT2D eigenvalue weighted by molar-refractivity contribution is 0.0942. The van der Waals surface area contributed by atoms with Gasteiger partial charge < -0.3 is 10.1 Å². The Morgan fingerprint density at radius 3 is 2.56 bits per heavy atom.